The standard InChI is InChI=1S/C18H16F3N3O2/c19-14-4-2-1-3-12(14)10-22-17(25)11-23-7-8-24(18(23)26)13-5-6-15(20)16(21)9-13/h1-6,9H,7-8,10-11H2,(H,22,25). The van der Waals surface area contributed by atoms with Crippen LogP contribution in [0.1, 0.15) is 5.56 Å². The number of benzene rings is 2. The average molecular weight is 363 g/mol. The van der Waals surface area contributed by atoms with Crippen molar-refractivity contribution < 1.29 is 22.8 Å². The van der Waals surface area contributed by atoms with Gasteiger partial charge in [-0.3, -0.25) is 9.69 Å². The van der Waals surface area contributed by atoms with Gasteiger partial charge in [-0.05, 0) is 18.2 Å². The molecule has 0 unspecified atom stereocenters. The molecule has 1 saturated heterocycles. The molecule has 26 heavy (non-hydrogen) atoms. The topological polar surface area (TPSA) is 52.7 Å². The molecule has 2 aromatic rings. The number of anilines is 1. The highest BCUT2D eigenvalue weighted by molar-refractivity contribution is 5.96. The average Bonchev–Trinajstić information content (AvgIpc) is 2.97. The molecule has 0 atom stereocenters. The predicted octanol–water partition coefficient (Wildman–Crippen LogP) is 2.66. The Morgan fingerprint density at radius 2 is 1.77 bits per heavy atom. The van der Waals surface area contributed by atoms with Crippen molar-refractivity contribution in [1.82, 2.24) is 10.2 Å². The number of rotatable bonds is 5. The monoisotopic (exact) mass is 363 g/mol. The van der Waals surface area contributed by atoms with Crippen molar-refractivity contribution >= 4 is 17.6 Å². The van der Waals surface area contributed by atoms with Crippen molar-refractivity contribution in [3.05, 3.63) is 65.5 Å². The van der Waals surface area contributed by atoms with Crippen LogP contribution in [0.4, 0.5) is 23.7 Å². The number of carbonyl (C=O) groups is 2. The van der Waals surface area contributed by atoms with E-state index in [2.05, 4.69) is 5.32 Å². The van der Waals surface area contributed by atoms with E-state index in [0.29, 0.717) is 5.56 Å². The third kappa shape index (κ3) is 3.79. The largest absolute Gasteiger partial charge is 0.350 e. The number of nitrogens with zero attached hydrogens (tertiary/aromatic N) is 2. The Labute approximate surface area is 148 Å². The fourth-order valence-corrected chi connectivity index (χ4v) is 2.69. The van der Waals surface area contributed by atoms with Crippen molar-refractivity contribution in [2.45, 2.75) is 6.54 Å². The molecule has 0 saturated carbocycles. The minimum Gasteiger partial charge on any atom is -0.350 e. The molecule has 0 bridgehead atoms. The molecule has 2 aromatic carbocycles. The Morgan fingerprint density at radius 3 is 2.50 bits per heavy atom. The lowest BCUT2D eigenvalue weighted by molar-refractivity contribution is -0.121. The first-order chi connectivity index (χ1) is 12.5. The summed E-state index contributed by atoms with van der Waals surface area (Å²) < 4.78 is 39.9. The first-order valence-corrected chi connectivity index (χ1v) is 7.97. The fraction of sp³-hybridized carbons (Fsp3) is 0.222. The molecule has 5 nitrogen and oxygen atoms in total. The zero-order valence-electron chi connectivity index (χ0n) is 13.7. The van der Waals surface area contributed by atoms with Crippen molar-refractivity contribution in [3.8, 4) is 0 Å². The zero-order chi connectivity index (χ0) is 18.7. The van der Waals surface area contributed by atoms with Gasteiger partial charge in [0.15, 0.2) is 11.6 Å². The lowest BCUT2D eigenvalue weighted by Gasteiger charge is -2.18. The molecule has 1 aliphatic rings. The van der Waals surface area contributed by atoms with Crippen molar-refractivity contribution in [2.75, 3.05) is 24.5 Å². The van der Waals surface area contributed by atoms with Gasteiger partial charge in [-0.25, -0.2) is 18.0 Å². The van der Waals surface area contributed by atoms with Gasteiger partial charge in [-0.15, -0.1) is 0 Å². The van der Waals surface area contributed by atoms with Gasteiger partial charge < -0.3 is 10.2 Å². The first-order valence-electron chi connectivity index (χ1n) is 7.97. The van der Waals surface area contributed by atoms with Gasteiger partial charge in [0, 0.05) is 37.0 Å². The van der Waals surface area contributed by atoms with Crippen LogP contribution in [0.2, 0.25) is 0 Å². The van der Waals surface area contributed by atoms with Crippen LogP contribution >= 0.6 is 0 Å². The number of carbonyl (C=O) groups excluding carboxylic acids is 2. The van der Waals surface area contributed by atoms with E-state index in [-0.39, 0.29) is 31.9 Å². The third-order valence-electron chi connectivity index (χ3n) is 4.08. The van der Waals surface area contributed by atoms with E-state index in [1.807, 2.05) is 0 Å². The SMILES string of the molecule is O=C(CN1CCN(c2ccc(F)c(F)c2)C1=O)NCc1ccccc1F. The predicted molar refractivity (Wildman–Crippen MR) is 88.9 cm³/mol. The highest BCUT2D eigenvalue weighted by atomic mass is 19.2. The molecule has 1 N–H and O–H groups in total. The summed E-state index contributed by atoms with van der Waals surface area (Å²) in [5.74, 6) is -2.90. The van der Waals surface area contributed by atoms with E-state index in [1.165, 1.54) is 21.9 Å². The van der Waals surface area contributed by atoms with Gasteiger partial charge in [0.1, 0.15) is 12.4 Å². The number of halogens is 3. The van der Waals surface area contributed by atoms with Crippen LogP contribution in [0.15, 0.2) is 42.5 Å². The van der Waals surface area contributed by atoms with Crippen LogP contribution in [0.3, 0.4) is 0 Å². The molecule has 8 heteroatoms. The van der Waals surface area contributed by atoms with Crippen LogP contribution in [0.5, 0.6) is 0 Å². The maximum Gasteiger partial charge on any atom is 0.325 e. The molecule has 1 fully saturated rings. The number of amides is 3. The third-order valence-corrected chi connectivity index (χ3v) is 4.08. The Kier molecular flexibility index (Phi) is 5.11. The van der Waals surface area contributed by atoms with Gasteiger partial charge in [0.05, 0.1) is 0 Å². The molecule has 0 aromatic heterocycles. The summed E-state index contributed by atoms with van der Waals surface area (Å²) in [4.78, 5) is 26.9. The molecule has 1 aliphatic heterocycles. The van der Waals surface area contributed by atoms with Gasteiger partial charge in [-0.1, -0.05) is 18.2 Å². The van der Waals surface area contributed by atoms with Gasteiger partial charge in [-0.2, -0.15) is 0 Å². The second kappa shape index (κ2) is 7.47. The van der Waals surface area contributed by atoms with Gasteiger partial charge in [0.2, 0.25) is 5.91 Å². The number of nitrogens with one attached hydrogen (secondary N) is 1. The summed E-state index contributed by atoms with van der Waals surface area (Å²) in [6.45, 7) is 0.337. The fourth-order valence-electron chi connectivity index (χ4n) is 2.69. The summed E-state index contributed by atoms with van der Waals surface area (Å²) >= 11 is 0. The molecular formula is C18H16F3N3O2. The minimum absolute atomic E-state index is 0.0143. The van der Waals surface area contributed by atoms with E-state index in [4.69, 9.17) is 0 Å². The van der Waals surface area contributed by atoms with E-state index >= 15 is 0 Å². The Bertz CT molecular complexity index is 844. The van der Waals surface area contributed by atoms with E-state index in [0.717, 1.165) is 12.1 Å². The van der Waals surface area contributed by atoms with Gasteiger partial charge >= 0.3 is 6.03 Å². The van der Waals surface area contributed by atoms with E-state index in [9.17, 15) is 22.8 Å². The Hall–Kier alpha value is -3.03. The number of hydrogen-bond donors (Lipinski definition) is 1. The zero-order valence-corrected chi connectivity index (χ0v) is 13.7. The van der Waals surface area contributed by atoms with Crippen LogP contribution in [0.25, 0.3) is 0 Å². The van der Waals surface area contributed by atoms with Crippen LogP contribution in [0, 0.1) is 17.5 Å². The second-order valence-electron chi connectivity index (χ2n) is 5.82. The smallest absolute Gasteiger partial charge is 0.325 e. The molecule has 0 radical (unpaired) electrons. The summed E-state index contributed by atoms with van der Waals surface area (Å²) in [6.07, 6.45) is 0. The highest BCUT2D eigenvalue weighted by Crippen LogP contribution is 2.22. The maximum atomic E-state index is 13.5. The van der Waals surface area contributed by atoms with E-state index < -0.39 is 29.4 Å². The summed E-state index contributed by atoms with van der Waals surface area (Å²) in [5, 5.41) is 2.56. The van der Waals surface area contributed by atoms with Crippen molar-refractivity contribution in [3.63, 3.8) is 0 Å². The van der Waals surface area contributed by atoms with Crippen LogP contribution in [-0.4, -0.2) is 36.5 Å². The molecule has 136 valence electrons. The summed E-state index contributed by atoms with van der Waals surface area (Å²) in [6, 6.07) is 8.78. The first kappa shape index (κ1) is 17.8. The minimum atomic E-state index is -1.05. The molecule has 3 amide bonds. The summed E-state index contributed by atoms with van der Waals surface area (Å²) in [7, 11) is 0. The molecular weight excluding hydrogens is 347 g/mol. The highest BCUT2D eigenvalue weighted by Gasteiger charge is 2.31. The second-order valence-corrected chi connectivity index (χ2v) is 5.82. The molecule has 3 rings (SSSR count). The quantitative estimate of drug-likeness (QED) is 0.888. The summed E-state index contributed by atoms with van der Waals surface area (Å²) in [5.41, 5.74) is 0.570. The Morgan fingerprint density at radius 1 is 1.00 bits per heavy atom. The maximum absolute atomic E-state index is 13.5. The Balaban J connectivity index is 1.57. The molecule has 0 aliphatic carbocycles. The lowest BCUT2D eigenvalue weighted by atomic mass is 10.2. The van der Waals surface area contributed by atoms with E-state index in [1.54, 1.807) is 18.2 Å². The molecule has 1 heterocycles. The van der Waals surface area contributed by atoms with Gasteiger partial charge in [0.25, 0.3) is 0 Å². The van der Waals surface area contributed by atoms with Crippen LogP contribution in [-0.2, 0) is 11.3 Å². The normalized spacial score (nSPS) is 14.0. The van der Waals surface area contributed by atoms with Crippen molar-refractivity contribution in [1.29, 1.82) is 0 Å². The van der Waals surface area contributed by atoms with Crippen molar-refractivity contribution in [2.24, 2.45) is 0 Å². The van der Waals surface area contributed by atoms with Crippen LogP contribution < -0.4 is 10.2 Å². The molecule has 0 spiro atoms. The number of hydrogen-bond acceptors (Lipinski definition) is 2. The lowest BCUT2D eigenvalue weighted by Crippen LogP contribution is -2.39. The number of urea groups is 1.